The lowest BCUT2D eigenvalue weighted by Crippen LogP contribution is -2.13. The predicted octanol–water partition coefficient (Wildman–Crippen LogP) is 5.33. The standard InChI is InChI=1S/C18H19NS2/c1-2-14-6-3-4-7-15(14)11-19-12-17-10-16(13-21-17)18-8-5-9-20-18/h3-10,13,19H,2,11-12H2,1H3. The molecule has 0 aliphatic heterocycles. The maximum Gasteiger partial charge on any atom is 0.0351 e. The van der Waals surface area contributed by atoms with E-state index >= 15 is 0 Å². The average molecular weight is 313 g/mol. The molecule has 21 heavy (non-hydrogen) atoms. The van der Waals surface area contributed by atoms with Gasteiger partial charge < -0.3 is 5.32 Å². The van der Waals surface area contributed by atoms with Crippen LogP contribution in [-0.2, 0) is 19.5 Å². The van der Waals surface area contributed by atoms with E-state index in [0.29, 0.717) is 0 Å². The number of aryl methyl sites for hydroxylation is 1. The third kappa shape index (κ3) is 3.62. The lowest BCUT2D eigenvalue weighted by atomic mass is 10.1. The average Bonchev–Trinajstić information content (AvgIpc) is 3.18. The van der Waals surface area contributed by atoms with Crippen LogP contribution < -0.4 is 5.32 Å². The quantitative estimate of drug-likeness (QED) is 0.648. The van der Waals surface area contributed by atoms with Crippen LogP contribution in [0.5, 0.6) is 0 Å². The highest BCUT2D eigenvalue weighted by Crippen LogP contribution is 2.29. The summed E-state index contributed by atoms with van der Waals surface area (Å²) in [6.45, 7) is 4.09. The van der Waals surface area contributed by atoms with Gasteiger partial charge in [0.05, 0.1) is 0 Å². The van der Waals surface area contributed by atoms with Crippen LogP contribution in [-0.4, -0.2) is 0 Å². The van der Waals surface area contributed by atoms with Gasteiger partial charge in [-0.15, -0.1) is 22.7 Å². The smallest absolute Gasteiger partial charge is 0.0351 e. The molecule has 0 unspecified atom stereocenters. The van der Waals surface area contributed by atoms with Gasteiger partial charge in [0.1, 0.15) is 0 Å². The minimum absolute atomic E-state index is 0.939. The number of hydrogen-bond acceptors (Lipinski definition) is 3. The van der Waals surface area contributed by atoms with Crippen LogP contribution in [0.4, 0.5) is 0 Å². The first kappa shape index (κ1) is 14.5. The van der Waals surface area contributed by atoms with Gasteiger partial charge in [-0.05, 0) is 40.4 Å². The fraction of sp³-hybridized carbons (Fsp3) is 0.222. The van der Waals surface area contributed by atoms with Crippen molar-refractivity contribution in [2.24, 2.45) is 0 Å². The van der Waals surface area contributed by atoms with E-state index in [1.807, 2.05) is 11.3 Å². The summed E-state index contributed by atoms with van der Waals surface area (Å²) in [6.07, 6.45) is 1.10. The molecular weight excluding hydrogens is 294 g/mol. The molecule has 1 N–H and O–H groups in total. The Morgan fingerprint density at radius 1 is 0.952 bits per heavy atom. The molecule has 0 atom stereocenters. The van der Waals surface area contributed by atoms with Crippen LogP contribution in [0.25, 0.3) is 10.4 Å². The van der Waals surface area contributed by atoms with Crippen LogP contribution in [0.2, 0.25) is 0 Å². The van der Waals surface area contributed by atoms with Crippen LogP contribution in [0.15, 0.2) is 53.2 Å². The van der Waals surface area contributed by atoms with Gasteiger partial charge in [-0.3, -0.25) is 0 Å². The number of benzene rings is 1. The fourth-order valence-corrected chi connectivity index (χ4v) is 4.08. The van der Waals surface area contributed by atoms with E-state index < -0.39 is 0 Å². The monoisotopic (exact) mass is 313 g/mol. The highest BCUT2D eigenvalue weighted by atomic mass is 32.1. The molecule has 0 aliphatic rings. The topological polar surface area (TPSA) is 12.0 Å². The molecule has 2 heterocycles. The molecular formula is C18H19NS2. The van der Waals surface area contributed by atoms with E-state index in [1.165, 1.54) is 26.4 Å². The zero-order chi connectivity index (χ0) is 14.5. The molecule has 1 aromatic carbocycles. The van der Waals surface area contributed by atoms with E-state index in [4.69, 9.17) is 0 Å². The summed E-state index contributed by atoms with van der Waals surface area (Å²) in [7, 11) is 0. The molecule has 0 aliphatic carbocycles. The van der Waals surface area contributed by atoms with Gasteiger partial charge in [0.2, 0.25) is 0 Å². The fourth-order valence-electron chi connectivity index (χ4n) is 2.44. The molecule has 2 aromatic heterocycles. The third-order valence-corrected chi connectivity index (χ3v) is 5.43. The molecule has 3 aromatic rings. The van der Waals surface area contributed by atoms with E-state index in [1.54, 1.807) is 11.3 Å². The van der Waals surface area contributed by atoms with Crippen molar-refractivity contribution in [2.45, 2.75) is 26.4 Å². The summed E-state index contributed by atoms with van der Waals surface area (Å²) in [5.41, 5.74) is 4.20. The summed E-state index contributed by atoms with van der Waals surface area (Å²) in [5, 5.41) is 7.95. The van der Waals surface area contributed by atoms with Gasteiger partial charge in [0.15, 0.2) is 0 Å². The van der Waals surface area contributed by atoms with Crippen molar-refractivity contribution >= 4 is 22.7 Å². The van der Waals surface area contributed by atoms with Crippen molar-refractivity contribution in [3.8, 4) is 10.4 Å². The molecule has 0 amide bonds. The molecule has 3 heteroatoms. The summed E-state index contributed by atoms with van der Waals surface area (Å²) in [5.74, 6) is 0. The summed E-state index contributed by atoms with van der Waals surface area (Å²) < 4.78 is 0. The molecule has 0 saturated heterocycles. The molecule has 0 fully saturated rings. The molecule has 108 valence electrons. The van der Waals surface area contributed by atoms with Crippen molar-refractivity contribution in [2.75, 3.05) is 0 Å². The SMILES string of the molecule is CCc1ccccc1CNCc1cc(-c2cccs2)cs1. The summed E-state index contributed by atoms with van der Waals surface area (Å²) in [6, 6.07) is 15.3. The van der Waals surface area contributed by atoms with Gasteiger partial charge in [-0.1, -0.05) is 37.3 Å². The first-order chi connectivity index (χ1) is 10.4. The Hall–Kier alpha value is -1.42. The minimum Gasteiger partial charge on any atom is -0.308 e. The van der Waals surface area contributed by atoms with Crippen molar-refractivity contribution in [3.05, 3.63) is 69.2 Å². The first-order valence-electron chi connectivity index (χ1n) is 7.25. The lowest BCUT2D eigenvalue weighted by molar-refractivity contribution is 0.696. The highest BCUT2D eigenvalue weighted by Gasteiger charge is 2.04. The zero-order valence-corrected chi connectivity index (χ0v) is 13.8. The number of thiophene rings is 2. The molecule has 3 rings (SSSR count). The van der Waals surface area contributed by atoms with E-state index in [9.17, 15) is 0 Å². The van der Waals surface area contributed by atoms with E-state index in [0.717, 1.165) is 19.5 Å². The van der Waals surface area contributed by atoms with Crippen LogP contribution in [0.3, 0.4) is 0 Å². The van der Waals surface area contributed by atoms with Gasteiger partial charge in [-0.25, -0.2) is 0 Å². The van der Waals surface area contributed by atoms with E-state index in [2.05, 4.69) is 65.5 Å². The molecule has 0 radical (unpaired) electrons. The Morgan fingerprint density at radius 3 is 2.57 bits per heavy atom. The molecule has 1 nitrogen and oxygen atoms in total. The predicted molar refractivity (Wildman–Crippen MR) is 94.0 cm³/mol. The second kappa shape index (κ2) is 7.03. The lowest BCUT2D eigenvalue weighted by Gasteiger charge is -2.08. The maximum atomic E-state index is 3.57. The van der Waals surface area contributed by atoms with Crippen LogP contribution in [0, 0.1) is 0 Å². The van der Waals surface area contributed by atoms with Crippen LogP contribution >= 0.6 is 22.7 Å². The highest BCUT2D eigenvalue weighted by molar-refractivity contribution is 7.14. The number of rotatable bonds is 6. The Balaban J connectivity index is 1.58. The van der Waals surface area contributed by atoms with E-state index in [-0.39, 0.29) is 0 Å². The van der Waals surface area contributed by atoms with Gasteiger partial charge in [-0.2, -0.15) is 0 Å². The number of hydrogen-bond donors (Lipinski definition) is 1. The summed E-state index contributed by atoms with van der Waals surface area (Å²) >= 11 is 3.64. The first-order valence-corrected chi connectivity index (χ1v) is 9.01. The van der Waals surface area contributed by atoms with Crippen molar-refractivity contribution in [1.82, 2.24) is 5.32 Å². The Bertz CT molecular complexity index is 683. The van der Waals surface area contributed by atoms with Crippen LogP contribution in [0.1, 0.15) is 22.9 Å². The minimum atomic E-state index is 0.939. The van der Waals surface area contributed by atoms with Gasteiger partial charge >= 0.3 is 0 Å². The Kier molecular flexibility index (Phi) is 4.86. The van der Waals surface area contributed by atoms with Crippen molar-refractivity contribution in [1.29, 1.82) is 0 Å². The van der Waals surface area contributed by atoms with Crippen molar-refractivity contribution in [3.63, 3.8) is 0 Å². The third-order valence-electron chi connectivity index (χ3n) is 3.57. The zero-order valence-electron chi connectivity index (χ0n) is 12.1. The normalized spacial score (nSPS) is 10.9. The largest absolute Gasteiger partial charge is 0.308 e. The Morgan fingerprint density at radius 2 is 1.81 bits per heavy atom. The van der Waals surface area contributed by atoms with Gasteiger partial charge in [0.25, 0.3) is 0 Å². The molecule has 0 saturated carbocycles. The molecule has 0 spiro atoms. The van der Waals surface area contributed by atoms with Crippen molar-refractivity contribution < 1.29 is 0 Å². The Labute approximate surface area is 134 Å². The van der Waals surface area contributed by atoms with Gasteiger partial charge in [0, 0.05) is 28.4 Å². The summed E-state index contributed by atoms with van der Waals surface area (Å²) in [4.78, 5) is 2.75. The number of nitrogens with one attached hydrogen (secondary N) is 1. The second-order valence-electron chi connectivity index (χ2n) is 5.00. The molecule has 0 bridgehead atoms. The maximum absolute atomic E-state index is 3.57. The second-order valence-corrected chi connectivity index (χ2v) is 6.95.